The molecule has 0 bridgehead atoms. The SMILES string of the molecule is COC(=O)[C@H]1CCCCN1C(=O)c1sc(COc2ccc(Cl)cc2)nc1C. The van der Waals surface area contributed by atoms with E-state index in [0.29, 0.717) is 39.3 Å². The number of piperidine rings is 1. The van der Waals surface area contributed by atoms with Crippen LogP contribution in [0.5, 0.6) is 5.75 Å². The van der Waals surface area contributed by atoms with Crippen molar-refractivity contribution in [1.29, 1.82) is 0 Å². The number of halogens is 1. The Hall–Kier alpha value is -2.12. The second-order valence-electron chi connectivity index (χ2n) is 6.30. The van der Waals surface area contributed by atoms with Crippen molar-refractivity contribution in [2.45, 2.75) is 38.8 Å². The molecule has 6 nitrogen and oxygen atoms in total. The van der Waals surface area contributed by atoms with Crippen molar-refractivity contribution < 1.29 is 19.1 Å². The molecular weight excluding hydrogens is 388 g/mol. The molecule has 144 valence electrons. The molecule has 0 saturated carbocycles. The summed E-state index contributed by atoms with van der Waals surface area (Å²) in [7, 11) is 1.35. The Bertz CT molecular complexity index is 822. The van der Waals surface area contributed by atoms with Crippen LogP contribution < -0.4 is 4.74 Å². The quantitative estimate of drug-likeness (QED) is 0.703. The van der Waals surface area contributed by atoms with Crippen LogP contribution in [0.3, 0.4) is 0 Å². The first-order chi connectivity index (χ1) is 13.0. The molecule has 8 heteroatoms. The third kappa shape index (κ3) is 4.59. The summed E-state index contributed by atoms with van der Waals surface area (Å²) in [6.45, 7) is 2.61. The molecule has 1 saturated heterocycles. The second kappa shape index (κ2) is 8.71. The molecule has 1 atom stereocenters. The van der Waals surface area contributed by atoms with Gasteiger partial charge in [0.25, 0.3) is 5.91 Å². The fourth-order valence-electron chi connectivity index (χ4n) is 3.07. The van der Waals surface area contributed by atoms with Crippen LogP contribution in [0.25, 0.3) is 0 Å². The largest absolute Gasteiger partial charge is 0.486 e. The molecule has 0 aliphatic carbocycles. The fourth-order valence-corrected chi connectivity index (χ4v) is 4.13. The van der Waals surface area contributed by atoms with Crippen LogP contribution >= 0.6 is 22.9 Å². The first-order valence-electron chi connectivity index (χ1n) is 8.73. The monoisotopic (exact) mass is 408 g/mol. The summed E-state index contributed by atoms with van der Waals surface area (Å²) in [6.07, 6.45) is 2.41. The number of hydrogen-bond donors (Lipinski definition) is 0. The maximum atomic E-state index is 13.0. The van der Waals surface area contributed by atoms with Gasteiger partial charge < -0.3 is 14.4 Å². The zero-order chi connectivity index (χ0) is 19.4. The van der Waals surface area contributed by atoms with Gasteiger partial charge in [0.2, 0.25) is 0 Å². The Kier molecular flexibility index (Phi) is 6.34. The van der Waals surface area contributed by atoms with Crippen molar-refractivity contribution in [3.8, 4) is 5.75 Å². The Morgan fingerprint density at radius 3 is 2.74 bits per heavy atom. The van der Waals surface area contributed by atoms with Crippen molar-refractivity contribution >= 4 is 34.8 Å². The van der Waals surface area contributed by atoms with E-state index < -0.39 is 6.04 Å². The number of amides is 1. The third-order valence-electron chi connectivity index (χ3n) is 4.45. The number of likely N-dealkylation sites (tertiary alicyclic amines) is 1. The Morgan fingerprint density at radius 1 is 1.30 bits per heavy atom. The van der Waals surface area contributed by atoms with E-state index in [1.54, 1.807) is 36.1 Å². The minimum Gasteiger partial charge on any atom is -0.486 e. The van der Waals surface area contributed by atoms with E-state index >= 15 is 0 Å². The van der Waals surface area contributed by atoms with Crippen LogP contribution in [0, 0.1) is 6.92 Å². The van der Waals surface area contributed by atoms with E-state index in [-0.39, 0.29) is 18.5 Å². The van der Waals surface area contributed by atoms with E-state index in [4.69, 9.17) is 21.1 Å². The number of esters is 1. The van der Waals surface area contributed by atoms with Gasteiger partial charge in [-0.3, -0.25) is 4.79 Å². The van der Waals surface area contributed by atoms with Crippen LogP contribution in [0.4, 0.5) is 0 Å². The fraction of sp³-hybridized carbons (Fsp3) is 0.421. The molecule has 1 aromatic carbocycles. The maximum absolute atomic E-state index is 13.0. The minimum absolute atomic E-state index is 0.169. The normalized spacial score (nSPS) is 16.9. The summed E-state index contributed by atoms with van der Waals surface area (Å²) in [5.41, 5.74) is 0.647. The summed E-state index contributed by atoms with van der Waals surface area (Å²) < 4.78 is 10.6. The van der Waals surface area contributed by atoms with E-state index in [1.165, 1.54) is 18.4 Å². The summed E-state index contributed by atoms with van der Waals surface area (Å²) >= 11 is 7.16. The van der Waals surface area contributed by atoms with Crippen LogP contribution in [-0.2, 0) is 16.1 Å². The van der Waals surface area contributed by atoms with Gasteiger partial charge >= 0.3 is 5.97 Å². The molecule has 1 aliphatic heterocycles. The van der Waals surface area contributed by atoms with Crippen LogP contribution in [0.15, 0.2) is 24.3 Å². The summed E-state index contributed by atoms with van der Waals surface area (Å²) in [5.74, 6) is 0.149. The first-order valence-corrected chi connectivity index (χ1v) is 9.92. The third-order valence-corrected chi connectivity index (χ3v) is 5.82. The predicted molar refractivity (Wildman–Crippen MR) is 103 cm³/mol. The molecule has 1 amide bonds. The molecule has 3 rings (SSSR count). The van der Waals surface area contributed by atoms with Gasteiger partial charge in [0, 0.05) is 11.6 Å². The molecule has 0 spiro atoms. The standard InChI is InChI=1S/C19H21ClN2O4S/c1-12-17(18(23)22-10-4-3-5-15(22)19(24)25-2)27-16(21-12)11-26-14-8-6-13(20)7-9-14/h6-9,15H,3-5,10-11H2,1-2H3/t15-/m1/s1. The van der Waals surface area contributed by atoms with Gasteiger partial charge in [-0.1, -0.05) is 11.6 Å². The van der Waals surface area contributed by atoms with Gasteiger partial charge in [0.15, 0.2) is 0 Å². The number of aromatic nitrogens is 1. The lowest BCUT2D eigenvalue weighted by atomic mass is 10.0. The lowest BCUT2D eigenvalue weighted by molar-refractivity contribution is -0.147. The number of ether oxygens (including phenoxy) is 2. The zero-order valence-electron chi connectivity index (χ0n) is 15.2. The average molecular weight is 409 g/mol. The molecule has 27 heavy (non-hydrogen) atoms. The topological polar surface area (TPSA) is 68.7 Å². The average Bonchev–Trinajstić information content (AvgIpc) is 3.07. The van der Waals surface area contributed by atoms with E-state index in [2.05, 4.69) is 4.98 Å². The molecule has 0 N–H and O–H groups in total. The molecule has 0 radical (unpaired) electrons. The predicted octanol–water partition coefficient (Wildman–Crippen LogP) is 3.85. The molecule has 2 heterocycles. The summed E-state index contributed by atoms with van der Waals surface area (Å²) in [5, 5.41) is 1.35. The van der Waals surface area contributed by atoms with Gasteiger partial charge in [-0.2, -0.15) is 0 Å². The van der Waals surface area contributed by atoms with E-state index in [9.17, 15) is 9.59 Å². The highest BCUT2D eigenvalue weighted by Gasteiger charge is 2.34. The van der Waals surface area contributed by atoms with Crippen molar-refractivity contribution in [2.75, 3.05) is 13.7 Å². The minimum atomic E-state index is -0.522. The number of carbonyl (C=O) groups is 2. The van der Waals surface area contributed by atoms with E-state index in [0.717, 1.165) is 12.8 Å². The molecular formula is C19H21ClN2O4S. The molecule has 2 aromatic rings. The molecule has 1 fully saturated rings. The Labute approximate surface area is 167 Å². The zero-order valence-corrected chi connectivity index (χ0v) is 16.8. The summed E-state index contributed by atoms with van der Waals surface area (Å²) in [4.78, 5) is 31.6. The van der Waals surface area contributed by atoms with Gasteiger partial charge in [0.1, 0.15) is 28.3 Å². The molecule has 1 aromatic heterocycles. The lowest BCUT2D eigenvalue weighted by Crippen LogP contribution is -2.48. The van der Waals surface area contributed by atoms with Gasteiger partial charge in [-0.05, 0) is 50.5 Å². The molecule has 1 aliphatic rings. The highest BCUT2D eigenvalue weighted by Crippen LogP contribution is 2.26. The van der Waals surface area contributed by atoms with Crippen molar-refractivity contribution in [1.82, 2.24) is 9.88 Å². The summed E-state index contributed by atoms with van der Waals surface area (Å²) in [6, 6.07) is 6.55. The van der Waals surface area contributed by atoms with E-state index in [1.807, 2.05) is 0 Å². The maximum Gasteiger partial charge on any atom is 0.328 e. The number of nitrogens with zero attached hydrogens (tertiary/aromatic N) is 2. The number of methoxy groups -OCH3 is 1. The van der Waals surface area contributed by atoms with Crippen molar-refractivity contribution in [2.24, 2.45) is 0 Å². The Morgan fingerprint density at radius 2 is 2.04 bits per heavy atom. The van der Waals surface area contributed by atoms with Crippen molar-refractivity contribution in [3.05, 3.63) is 44.9 Å². The number of thiazole rings is 1. The number of rotatable bonds is 5. The number of carbonyl (C=O) groups excluding carboxylic acids is 2. The lowest BCUT2D eigenvalue weighted by Gasteiger charge is -2.33. The van der Waals surface area contributed by atoms with Gasteiger partial charge in [0.05, 0.1) is 12.8 Å². The van der Waals surface area contributed by atoms with Crippen LogP contribution in [-0.4, -0.2) is 41.5 Å². The highest BCUT2D eigenvalue weighted by atomic mass is 35.5. The Balaban J connectivity index is 1.71. The molecule has 0 unspecified atom stereocenters. The first kappa shape index (κ1) is 19.6. The van der Waals surface area contributed by atoms with Crippen LogP contribution in [0.2, 0.25) is 5.02 Å². The van der Waals surface area contributed by atoms with Gasteiger partial charge in [-0.25, -0.2) is 9.78 Å². The van der Waals surface area contributed by atoms with Crippen LogP contribution in [0.1, 0.15) is 39.6 Å². The van der Waals surface area contributed by atoms with Gasteiger partial charge in [-0.15, -0.1) is 11.3 Å². The second-order valence-corrected chi connectivity index (χ2v) is 7.82. The number of aryl methyl sites for hydroxylation is 1. The highest BCUT2D eigenvalue weighted by molar-refractivity contribution is 7.13. The smallest absolute Gasteiger partial charge is 0.328 e. The van der Waals surface area contributed by atoms with Crippen molar-refractivity contribution in [3.63, 3.8) is 0 Å². The number of hydrogen-bond acceptors (Lipinski definition) is 6. The number of benzene rings is 1.